The van der Waals surface area contributed by atoms with E-state index in [-0.39, 0.29) is 11.9 Å². The molecule has 1 aromatic carbocycles. The minimum atomic E-state index is -0.206. The molecule has 104 valence electrons. The van der Waals surface area contributed by atoms with Crippen molar-refractivity contribution in [2.75, 3.05) is 13.1 Å². The maximum Gasteiger partial charge on any atom is 0.241 e. The van der Waals surface area contributed by atoms with Crippen molar-refractivity contribution >= 4 is 17.2 Å². The Labute approximate surface area is 123 Å². The van der Waals surface area contributed by atoms with Crippen LogP contribution in [0.1, 0.15) is 22.7 Å². The van der Waals surface area contributed by atoms with Crippen LogP contribution in [0, 0.1) is 0 Å². The number of fused-ring (bicyclic) bond motifs is 1. The summed E-state index contributed by atoms with van der Waals surface area (Å²) in [6.07, 6.45) is 1.89. The van der Waals surface area contributed by atoms with Gasteiger partial charge in [0, 0.05) is 13.1 Å². The number of carbonyl (C=O) groups is 1. The Kier molecular flexibility index (Phi) is 4.14. The molecule has 3 nitrogen and oxygen atoms in total. The molecule has 0 saturated carbocycles. The highest BCUT2D eigenvalue weighted by molar-refractivity contribution is 7.07. The summed E-state index contributed by atoms with van der Waals surface area (Å²) in [6, 6.07) is 10.1. The van der Waals surface area contributed by atoms with E-state index in [0.29, 0.717) is 6.54 Å². The van der Waals surface area contributed by atoms with Gasteiger partial charge in [-0.1, -0.05) is 24.3 Å². The van der Waals surface area contributed by atoms with Crippen molar-refractivity contribution in [1.82, 2.24) is 10.6 Å². The third-order valence-corrected chi connectivity index (χ3v) is 4.40. The van der Waals surface area contributed by atoms with Gasteiger partial charge in [-0.3, -0.25) is 4.79 Å². The number of thiophene rings is 1. The van der Waals surface area contributed by atoms with Crippen molar-refractivity contribution in [3.8, 4) is 0 Å². The number of benzene rings is 1. The van der Waals surface area contributed by atoms with E-state index in [1.54, 1.807) is 11.3 Å². The van der Waals surface area contributed by atoms with Crippen molar-refractivity contribution in [1.29, 1.82) is 0 Å². The van der Waals surface area contributed by atoms with Gasteiger partial charge >= 0.3 is 0 Å². The van der Waals surface area contributed by atoms with Crippen LogP contribution >= 0.6 is 11.3 Å². The van der Waals surface area contributed by atoms with Gasteiger partial charge in [0.2, 0.25) is 5.91 Å². The molecule has 3 rings (SSSR count). The fraction of sp³-hybridized carbons (Fsp3) is 0.312. The summed E-state index contributed by atoms with van der Waals surface area (Å²) in [5, 5.41) is 10.5. The quantitative estimate of drug-likeness (QED) is 0.905. The molecule has 4 heteroatoms. The highest BCUT2D eigenvalue weighted by atomic mass is 32.1. The molecule has 0 radical (unpaired) electrons. The second-order valence-corrected chi connectivity index (χ2v) is 5.79. The van der Waals surface area contributed by atoms with Gasteiger partial charge in [0.15, 0.2) is 0 Å². The lowest BCUT2D eigenvalue weighted by Crippen LogP contribution is -2.41. The van der Waals surface area contributed by atoms with Gasteiger partial charge in [-0.25, -0.2) is 0 Å². The van der Waals surface area contributed by atoms with Crippen molar-refractivity contribution in [2.24, 2.45) is 0 Å². The fourth-order valence-electron chi connectivity index (χ4n) is 2.61. The topological polar surface area (TPSA) is 41.1 Å². The first-order valence-electron chi connectivity index (χ1n) is 6.94. The molecule has 2 N–H and O–H groups in total. The molecule has 1 amide bonds. The molecule has 1 aromatic heterocycles. The Morgan fingerprint density at radius 1 is 1.35 bits per heavy atom. The summed E-state index contributed by atoms with van der Waals surface area (Å²) in [6.45, 7) is 1.55. The number of carbonyl (C=O) groups excluding carboxylic acids is 1. The first kappa shape index (κ1) is 13.3. The van der Waals surface area contributed by atoms with Crippen LogP contribution in [-0.4, -0.2) is 19.0 Å². The number of hydrogen-bond donors (Lipinski definition) is 2. The predicted octanol–water partition coefficient (Wildman–Crippen LogP) is 2.29. The van der Waals surface area contributed by atoms with Crippen LogP contribution in [0.2, 0.25) is 0 Å². The van der Waals surface area contributed by atoms with Crippen LogP contribution in [0.25, 0.3) is 0 Å². The molecule has 0 saturated heterocycles. The minimum Gasteiger partial charge on any atom is -0.354 e. The van der Waals surface area contributed by atoms with E-state index in [4.69, 9.17) is 0 Å². The van der Waals surface area contributed by atoms with E-state index in [2.05, 4.69) is 33.5 Å². The zero-order valence-corrected chi connectivity index (χ0v) is 12.1. The third-order valence-electron chi connectivity index (χ3n) is 3.66. The highest BCUT2D eigenvalue weighted by Crippen LogP contribution is 2.22. The van der Waals surface area contributed by atoms with Gasteiger partial charge < -0.3 is 10.6 Å². The monoisotopic (exact) mass is 286 g/mol. The fourth-order valence-corrected chi connectivity index (χ4v) is 3.31. The van der Waals surface area contributed by atoms with E-state index in [1.165, 1.54) is 11.1 Å². The second-order valence-electron chi connectivity index (χ2n) is 5.01. The van der Waals surface area contributed by atoms with Crippen molar-refractivity contribution < 1.29 is 4.79 Å². The molecule has 1 unspecified atom stereocenters. The average Bonchev–Trinajstić information content (AvgIpc) is 3.00. The summed E-state index contributed by atoms with van der Waals surface area (Å²) in [7, 11) is 0. The molecule has 0 bridgehead atoms. The Hall–Kier alpha value is -1.65. The summed E-state index contributed by atoms with van der Waals surface area (Å²) in [5.41, 5.74) is 3.68. The zero-order chi connectivity index (χ0) is 13.8. The molecule has 0 aliphatic carbocycles. The molecule has 2 aromatic rings. The molecule has 2 heterocycles. The molecule has 20 heavy (non-hydrogen) atoms. The molecular weight excluding hydrogens is 268 g/mol. The molecular formula is C16H18N2OS. The van der Waals surface area contributed by atoms with Gasteiger partial charge in [0.1, 0.15) is 6.04 Å². The first-order valence-corrected chi connectivity index (χ1v) is 7.89. The summed E-state index contributed by atoms with van der Waals surface area (Å²) >= 11 is 1.69. The zero-order valence-electron chi connectivity index (χ0n) is 11.3. The summed E-state index contributed by atoms with van der Waals surface area (Å²) < 4.78 is 0. The van der Waals surface area contributed by atoms with Crippen LogP contribution in [0.3, 0.4) is 0 Å². The van der Waals surface area contributed by atoms with Crippen LogP contribution in [0.4, 0.5) is 0 Å². The van der Waals surface area contributed by atoms with Crippen LogP contribution in [0.15, 0.2) is 41.1 Å². The lowest BCUT2D eigenvalue weighted by Gasteiger charge is -2.26. The lowest BCUT2D eigenvalue weighted by atomic mass is 9.94. The Bertz CT molecular complexity index is 580. The van der Waals surface area contributed by atoms with Gasteiger partial charge in [-0.05, 0) is 46.4 Å². The average molecular weight is 286 g/mol. The van der Waals surface area contributed by atoms with E-state index in [9.17, 15) is 4.79 Å². The van der Waals surface area contributed by atoms with Gasteiger partial charge in [0.05, 0.1) is 0 Å². The lowest BCUT2D eigenvalue weighted by molar-refractivity contribution is -0.123. The highest BCUT2D eigenvalue weighted by Gasteiger charge is 2.25. The largest absolute Gasteiger partial charge is 0.354 e. The Morgan fingerprint density at radius 2 is 2.25 bits per heavy atom. The Morgan fingerprint density at radius 3 is 3.10 bits per heavy atom. The van der Waals surface area contributed by atoms with Crippen LogP contribution < -0.4 is 10.6 Å². The standard InChI is InChI=1S/C16H18N2OS/c19-16(18-8-5-12-7-10-20-11-12)15-14-4-2-1-3-13(14)6-9-17-15/h1-4,7,10-11,15,17H,5-6,8-9H2,(H,18,19). The minimum absolute atomic E-state index is 0.0763. The maximum atomic E-state index is 12.3. The SMILES string of the molecule is O=C(NCCc1ccsc1)C1NCCc2ccccc21. The third kappa shape index (κ3) is 2.92. The molecule has 0 fully saturated rings. The number of hydrogen-bond acceptors (Lipinski definition) is 3. The smallest absolute Gasteiger partial charge is 0.241 e. The molecule has 1 aliphatic heterocycles. The molecule has 0 spiro atoms. The predicted molar refractivity (Wildman–Crippen MR) is 81.9 cm³/mol. The first-order chi connectivity index (χ1) is 9.84. The van der Waals surface area contributed by atoms with E-state index >= 15 is 0 Å². The van der Waals surface area contributed by atoms with Crippen LogP contribution in [-0.2, 0) is 17.6 Å². The second kappa shape index (κ2) is 6.20. The van der Waals surface area contributed by atoms with Crippen molar-refractivity contribution in [3.63, 3.8) is 0 Å². The van der Waals surface area contributed by atoms with Gasteiger partial charge in [-0.15, -0.1) is 0 Å². The van der Waals surface area contributed by atoms with E-state index in [0.717, 1.165) is 24.9 Å². The number of amides is 1. The Balaban J connectivity index is 1.60. The molecule has 1 aliphatic rings. The number of rotatable bonds is 4. The molecule has 1 atom stereocenters. The van der Waals surface area contributed by atoms with E-state index in [1.807, 2.05) is 18.2 Å². The van der Waals surface area contributed by atoms with Gasteiger partial charge in [-0.2, -0.15) is 11.3 Å². The normalized spacial score (nSPS) is 17.5. The number of nitrogens with one attached hydrogen (secondary N) is 2. The van der Waals surface area contributed by atoms with Crippen LogP contribution in [0.5, 0.6) is 0 Å². The van der Waals surface area contributed by atoms with Gasteiger partial charge in [0.25, 0.3) is 0 Å². The summed E-state index contributed by atoms with van der Waals surface area (Å²) in [4.78, 5) is 12.3. The van der Waals surface area contributed by atoms with Crippen molar-refractivity contribution in [2.45, 2.75) is 18.9 Å². The maximum absolute atomic E-state index is 12.3. The van der Waals surface area contributed by atoms with Crippen molar-refractivity contribution in [3.05, 3.63) is 57.8 Å². The summed E-state index contributed by atoms with van der Waals surface area (Å²) in [5.74, 6) is 0.0763. The van der Waals surface area contributed by atoms with E-state index < -0.39 is 0 Å².